The number of amides is 4. The van der Waals surface area contributed by atoms with E-state index in [-0.39, 0.29) is 30.4 Å². The number of imide groups is 1. The quantitative estimate of drug-likeness (QED) is 0.751. The second-order valence-corrected chi connectivity index (χ2v) is 7.38. The van der Waals surface area contributed by atoms with Crippen molar-refractivity contribution in [1.82, 2.24) is 14.7 Å². The lowest BCUT2D eigenvalue weighted by Gasteiger charge is -2.41. The first kappa shape index (κ1) is 19.2. The molecule has 2 aliphatic heterocycles. The van der Waals surface area contributed by atoms with Gasteiger partial charge in [0, 0.05) is 19.6 Å². The average Bonchev–Trinajstić information content (AvgIpc) is 3.00. The summed E-state index contributed by atoms with van der Waals surface area (Å²) in [5.41, 5.74) is 3.04. The normalized spacial score (nSPS) is 17.9. The van der Waals surface area contributed by atoms with Crippen LogP contribution in [-0.4, -0.2) is 58.7 Å². The smallest absolute Gasteiger partial charge is 0.320 e. The van der Waals surface area contributed by atoms with Crippen LogP contribution in [0.1, 0.15) is 51.7 Å². The minimum Gasteiger partial charge on any atom is -0.325 e. The van der Waals surface area contributed by atoms with Gasteiger partial charge in [0.1, 0.15) is 0 Å². The van der Waals surface area contributed by atoms with Crippen molar-refractivity contribution in [2.75, 3.05) is 26.2 Å². The van der Waals surface area contributed by atoms with Crippen LogP contribution in [-0.2, 0) is 6.42 Å². The van der Waals surface area contributed by atoms with Crippen LogP contribution in [0.15, 0.2) is 48.5 Å². The molecule has 2 heterocycles. The van der Waals surface area contributed by atoms with Gasteiger partial charge in [-0.15, -0.1) is 0 Å². The van der Waals surface area contributed by atoms with E-state index < -0.39 is 0 Å². The Labute approximate surface area is 170 Å². The second kappa shape index (κ2) is 7.70. The van der Waals surface area contributed by atoms with E-state index in [0.717, 1.165) is 17.5 Å². The number of rotatable bonds is 4. The summed E-state index contributed by atoms with van der Waals surface area (Å²) in [6.45, 7) is 5.88. The Balaban J connectivity index is 1.69. The summed E-state index contributed by atoms with van der Waals surface area (Å²) in [4.78, 5) is 43.9. The lowest BCUT2D eigenvalue weighted by Crippen LogP contribution is -2.51. The van der Waals surface area contributed by atoms with E-state index in [1.807, 2.05) is 36.9 Å². The van der Waals surface area contributed by atoms with E-state index in [4.69, 9.17) is 0 Å². The van der Waals surface area contributed by atoms with Crippen molar-refractivity contribution in [2.45, 2.75) is 26.3 Å². The van der Waals surface area contributed by atoms with E-state index >= 15 is 0 Å². The number of urea groups is 1. The van der Waals surface area contributed by atoms with Crippen LogP contribution in [0.25, 0.3) is 0 Å². The third-order valence-corrected chi connectivity index (χ3v) is 5.93. The molecule has 0 bridgehead atoms. The first-order valence-corrected chi connectivity index (χ1v) is 10.1. The highest BCUT2D eigenvalue weighted by atomic mass is 16.2. The zero-order valence-electron chi connectivity index (χ0n) is 16.8. The molecule has 0 aromatic heterocycles. The number of hydrogen-bond acceptors (Lipinski definition) is 3. The van der Waals surface area contributed by atoms with Gasteiger partial charge in [0.2, 0.25) is 0 Å². The van der Waals surface area contributed by atoms with Crippen molar-refractivity contribution in [3.8, 4) is 0 Å². The zero-order valence-corrected chi connectivity index (χ0v) is 16.8. The van der Waals surface area contributed by atoms with E-state index in [0.29, 0.717) is 30.8 Å². The van der Waals surface area contributed by atoms with Crippen LogP contribution in [0.2, 0.25) is 0 Å². The summed E-state index contributed by atoms with van der Waals surface area (Å²) in [7, 11) is 0. The van der Waals surface area contributed by atoms with Crippen LogP contribution in [0.5, 0.6) is 0 Å². The summed E-state index contributed by atoms with van der Waals surface area (Å²) in [5.74, 6) is -0.576. The molecule has 2 aromatic carbocycles. The molecule has 1 atom stereocenters. The zero-order chi connectivity index (χ0) is 20.5. The maximum Gasteiger partial charge on any atom is 0.320 e. The molecule has 6 heteroatoms. The minimum atomic E-state index is -0.352. The number of benzene rings is 2. The van der Waals surface area contributed by atoms with Gasteiger partial charge in [0.05, 0.1) is 23.7 Å². The number of nitrogens with zero attached hydrogens (tertiary/aromatic N) is 3. The minimum absolute atomic E-state index is 0.0499. The summed E-state index contributed by atoms with van der Waals surface area (Å²) in [6, 6.07) is 14.5. The van der Waals surface area contributed by atoms with Crippen molar-refractivity contribution in [2.24, 2.45) is 0 Å². The first-order chi connectivity index (χ1) is 14.1. The molecule has 0 unspecified atom stereocenters. The van der Waals surface area contributed by atoms with Gasteiger partial charge in [0.15, 0.2) is 0 Å². The molecule has 0 spiro atoms. The highest BCUT2D eigenvalue weighted by Crippen LogP contribution is 2.33. The molecule has 2 aliphatic rings. The molecule has 4 amide bonds. The van der Waals surface area contributed by atoms with Crippen LogP contribution in [0.4, 0.5) is 4.79 Å². The van der Waals surface area contributed by atoms with E-state index in [1.165, 1.54) is 4.90 Å². The van der Waals surface area contributed by atoms with Crippen molar-refractivity contribution in [1.29, 1.82) is 0 Å². The lowest BCUT2D eigenvalue weighted by atomic mass is 9.92. The maximum atomic E-state index is 13.2. The lowest BCUT2D eigenvalue weighted by molar-refractivity contribution is 0.0581. The van der Waals surface area contributed by atoms with Crippen molar-refractivity contribution >= 4 is 17.8 Å². The van der Waals surface area contributed by atoms with Crippen LogP contribution < -0.4 is 0 Å². The number of carbonyl (C=O) groups is 3. The second-order valence-electron chi connectivity index (χ2n) is 7.38. The molecular weight excluding hydrogens is 366 g/mol. The van der Waals surface area contributed by atoms with Gasteiger partial charge in [-0.05, 0) is 43.5 Å². The molecule has 0 aliphatic carbocycles. The molecule has 2 aromatic rings. The third kappa shape index (κ3) is 3.18. The molecule has 0 fully saturated rings. The largest absolute Gasteiger partial charge is 0.325 e. The fourth-order valence-electron chi connectivity index (χ4n) is 4.33. The maximum absolute atomic E-state index is 13.2. The fraction of sp³-hybridized carbons (Fsp3) is 0.348. The first-order valence-electron chi connectivity index (χ1n) is 10.1. The van der Waals surface area contributed by atoms with Crippen molar-refractivity contribution in [3.63, 3.8) is 0 Å². The summed E-state index contributed by atoms with van der Waals surface area (Å²) < 4.78 is 0. The van der Waals surface area contributed by atoms with Gasteiger partial charge in [-0.3, -0.25) is 14.5 Å². The Hall–Kier alpha value is -3.15. The van der Waals surface area contributed by atoms with Crippen LogP contribution in [0, 0.1) is 0 Å². The van der Waals surface area contributed by atoms with Gasteiger partial charge in [0.25, 0.3) is 11.8 Å². The molecule has 6 nitrogen and oxygen atoms in total. The molecule has 0 N–H and O–H groups in total. The van der Waals surface area contributed by atoms with Crippen LogP contribution in [0.3, 0.4) is 0 Å². The predicted molar refractivity (Wildman–Crippen MR) is 110 cm³/mol. The molecule has 0 saturated heterocycles. The van der Waals surface area contributed by atoms with Crippen molar-refractivity contribution in [3.05, 3.63) is 70.8 Å². The number of fused-ring (bicyclic) bond motifs is 2. The standard InChI is InChI=1S/C23H25N3O3/c1-3-24(4-2)23(29)25-14-13-16-9-5-6-10-17(16)20(25)15-26-21(27)18-11-7-8-12-19(18)22(26)28/h5-12,20H,3-4,13-15H2,1-2H3/t20-/m0/s1. The average molecular weight is 391 g/mol. The van der Waals surface area contributed by atoms with E-state index in [9.17, 15) is 14.4 Å². The molecular formula is C23H25N3O3. The highest BCUT2D eigenvalue weighted by molar-refractivity contribution is 6.21. The van der Waals surface area contributed by atoms with E-state index in [2.05, 4.69) is 6.07 Å². The summed E-state index contributed by atoms with van der Waals surface area (Å²) >= 11 is 0. The Bertz CT molecular complexity index is 932. The Morgan fingerprint density at radius 3 is 2.17 bits per heavy atom. The Kier molecular flexibility index (Phi) is 5.09. The number of hydrogen-bond donors (Lipinski definition) is 0. The van der Waals surface area contributed by atoms with E-state index in [1.54, 1.807) is 29.2 Å². The summed E-state index contributed by atoms with van der Waals surface area (Å²) in [6.07, 6.45) is 0.766. The van der Waals surface area contributed by atoms with Gasteiger partial charge in [-0.2, -0.15) is 0 Å². The van der Waals surface area contributed by atoms with Gasteiger partial charge in [-0.1, -0.05) is 36.4 Å². The van der Waals surface area contributed by atoms with Gasteiger partial charge in [-0.25, -0.2) is 4.79 Å². The fourth-order valence-corrected chi connectivity index (χ4v) is 4.33. The monoisotopic (exact) mass is 391 g/mol. The molecule has 4 rings (SSSR count). The third-order valence-electron chi connectivity index (χ3n) is 5.93. The number of carbonyl (C=O) groups excluding carboxylic acids is 3. The Morgan fingerprint density at radius 1 is 0.966 bits per heavy atom. The highest BCUT2D eigenvalue weighted by Gasteiger charge is 2.40. The molecule has 29 heavy (non-hydrogen) atoms. The summed E-state index contributed by atoms with van der Waals surface area (Å²) in [5, 5.41) is 0. The molecule has 0 radical (unpaired) electrons. The predicted octanol–water partition coefficient (Wildman–Crippen LogP) is 3.34. The van der Waals surface area contributed by atoms with Crippen molar-refractivity contribution < 1.29 is 14.4 Å². The van der Waals surface area contributed by atoms with Gasteiger partial charge >= 0.3 is 6.03 Å². The topological polar surface area (TPSA) is 60.9 Å². The van der Waals surface area contributed by atoms with Crippen LogP contribution >= 0.6 is 0 Å². The Morgan fingerprint density at radius 2 is 1.55 bits per heavy atom. The SMILES string of the molecule is CCN(CC)C(=O)N1CCc2ccccc2[C@@H]1CN1C(=O)c2ccccc2C1=O. The molecule has 150 valence electrons. The molecule has 0 saturated carbocycles. The van der Waals surface area contributed by atoms with Gasteiger partial charge < -0.3 is 9.80 Å².